The van der Waals surface area contributed by atoms with E-state index < -0.39 is 29.3 Å². The Labute approximate surface area is 282 Å². The van der Waals surface area contributed by atoms with E-state index in [9.17, 15) is 18.0 Å². The van der Waals surface area contributed by atoms with Crippen LogP contribution < -0.4 is 10.1 Å². The quantitative estimate of drug-likeness (QED) is 0.152. The number of benzene rings is 4. The van der Waals surface area contributed by atoms with Crippen LogP contribution in [-0.2, 0) is 28.7 Å². The van der Waals surface area contributed by atoms with Crippen LogP contribution in [0.1, 0.15) is 40.3 Å². The number of carbonyl (C=O) groups excluding carboxylic acids is 1. The molecule has 1 heterocycles. The molecule has 0 bridgehead atoms. The van der Waals surface area contributed by atoms with Crippen LogP contribution in [0.25, 0.3) is 0 Å². The molecule has 0 spiro atoms. The summed E-state index contributed by atoms with van der Waals surface area (Å²) in [5.74, 6) is 0.168. The van der Waals surface area contributed by atoms with E-state index >= 15 is 0 Å². The highest BCUT2D eigenvalue weighted by atomic mass is 79.9. The molecule has 0 radical (unpaired) electrons. The minimum Gasteiger partial charge on any atom is -0.494 e. The third kappa shape index (κ3) is 7.69. The number of amides is 1. The van der Waals surface area contributed by atoms with Gasteiger partial charge in [0.05, 0.1) is 12.2 Å². The number of aliphatic hydroxyl groups excluding tert-OH is 1. The van der Waals surface area contributed by atoms with Gasteiger partial charge < -0.3 is 19.9 Å². The number of hydrogen-bond donors (Lipinski definition) is 2. The van der Waals surface area contributed by atoms with Crippen LogP contribution in [0.15, 0.2) is 100 Å². The predicted octanol–water partition coefficient (Wildman–Crippen LogP) is 8.35. The maximum Gasteiger partial charge on any atom is 0.416 e. The zero-order chi connectivity index (χ0) is 32.9. The molecule has 4 aromatic rings. The van der Waals surface area contributed by atoms with Crippen molar-refractivity contribution in [1.29, 1.82) is 0 Å². The first-order valence-electron chi connectivity index (χ1n) is 14.2. The number of halogens is 6. The van der Waals surface area contributed by atoms with Crippen molar-refractivity contribution in [3.63, 3.8) is 0 Å². The van der Waals surface area contributed by atoms with Crippen LogP contribution in [0.5, 0.6) is 5.75 Å². The summed E-state index contributed by atoms with van der Waals surface area (Å²) in [6.07, 6.45) is -5.04. The van der Waals surface area contributed by atoms with Crippen molar-refractivity contribution < 1.29 is 32.5 Å². The molecular weight excluding hydrogens is 708 g/mol. The molecule has 12 heteroatoms. The molecule has 0 unspecified atom stereocenters. The summed E-state index contributed by atoms with van der Waals surface area (Å²) < 4.78 is 53.1. The Balaban J connectivity index is 1.58. The maximum absolute atomic E-state index is 14.4. The summed E-state index contributed by atoms with van der Waals surface area (Å²) in [6.45, 7) is 0.157. The highest BCUT2D eigenvalue weighted by Crippen LogP contribution is 2.45. The molecule has 0 fully saturated rings. The van der Waals surface area contributed by atoms with E-state index in [2.05, 4.69) is 21.2 Å². The molecule has 1 aliphatic rings. The van der Waals surface area contributed by atoms with Gasteiger partial charge in [-0.25, -0.2) is 4.99 Å². The summed E-state index contributed by atoms with van der Waals surface area (Å²) in [4.78, 5) is 19.4. The van der Waals surface area contributed by atoms with Crippen molar-refractivity contribution in [3.8, 4) is 5.75 Å². The average Bonchev–Trinajstić information content (AvgIpc) is 3.41. The molecule has 5 rings (SSSR count). The Morgan fingerprint density at radius 1 is 1.02 bits per heavy atom. The molecule has 2 N–H and O–H groups in total. The van der Waals surface area contributed by atoms with Crippen LogP contribution >= 0.6 is 39.1 Å². The minimum atomic E-state index is -4.53. The van der Waals surface area contributed by atoms with Crippen LogP contribution in [0.2, 0.25) is 10.0 Å². The lowest BCUT2D eigenvalue weighted by molar-refractivity contribution is -0.137. The summed E-state index contributed by atoms with van der Waals surface area (Å²) in [5, 5.41) is 12.5. The fourth-order valence-corrected chi connectivity index (χ4v) is 6.03. The molecule has 46 heavy (non-hydrogen) atoms. The van der Waals surface area contributed by atoms with Crippen molar-refractivity contribution in [2.45, 2.75) is 37.2 Å². The first-order valence-corrected chi connectivity index (χ1v) is 15.8. The van der Waals surface area contributed by atoms with Crippen LogP contribution in [0.3, 0.4) is 0 Å². The SMILES string of the molecule is O=C(NCc1cccc(C(F)(F)F)c1)[C@]1(Cc2ccccc2Br)N=C(c2ccc(OCCCO)cc2)O[C@@H]1c1ccc(Cl)cc1Cl. The smallest absolute Gasteiger partial charge is 0.416 e. The molecule has 0 saturated carbocycles. The van der Waals surface area contributed by atoms with E-state index in [-0.39, 0.29) is 36.1 Å². The lowest BCUT2D eigenvalue weighted by Crippen LogP contribution is -2.49. The number of ether oxygens (including phenoxy) is 2. The Bertz CT molecular complexity index is 1740. The van der Waals surface area contributed by atoms with E-state index in [0.29, 0.717) is 34.9 Å². The Morgan fingerprint density at radius 3 is 2.48 bits per heavy atom. The molecule has 0 saturated heterocycles. The fraction of sp³-hybridized carbons (Fsp3) is 0.235. The van der Waals surface area contributed by atoms with Crippen LogP contribution in [0, 0.1) is 0 Å². The van der Waals surface area contributed by atoms with Crippen LogP contribution in [0.4, 0.5) is 13.2 Å². The van der Waals surface area contributed by atoms with Gasteiger partial charge >= 0.3 is 6.18 Å². The Hall–Kier alpha value is -3.57. The summed E-state index contributed by atoms with van der Waals surface area (Å²) in [5.41, 5.74) is -0.442. The van der Waals surface area contributed by atoms with Gasteiger partial charge in [-0.15, -0.1) is 0 Å². The summed E-state index contributed by atoms with van der Waals surface area (Å²) >= 11 is 16.5. The number of alkyl halides is 3. The van der Waals surface area contributed by atoms with Gasteiger partial charge in [0.2, 0.25) is 5.90 Å². The molecule has 2 atom stereocenters. The van der Waals surface area contributed by atoms with Crippen molar-refractivity contribution in [3.05, 3.63) is 133 Å². The monoisotopic (exact) mass is 734 g/mol. The van der Waals surface area contributed by atoms with Crippen molar-refractivity contribution >= 4 is 50.9 Å². The normalized spacial score (nSPS) is 17.7. The predicted molar refractivity (Wildman–Crippen MR) is 174 cm³/mol. The highest BCUT2D eigenvalue weighted by Gasteiger charge is 2.54. The molecule has 1 aliphatic heterocycles. The number of aliphatic imine (C=N–C) groups is 1. The maximum atomic E-state index is 14.4. The number of carbonyl (C=O) groups is 1. The molecule has 4 aromatic carbocycles. The molecule has 6 nitrogen and oxygen atoms in total. The topological polar surface area (TPSA) is 80.2 Å². The van der Waals surface area contributed by atoms with Gasteiger partial charge in [-0.05, 0) is 65.7 Å². The van der Waals surface area contributed by atoms with E-state index in [0.717, 1.165) is 22.2 Å². The highest BCUT2D eigenvalue weighted by molar-refractivity contribution is 9.10. The van der Waals surface area contributed by atoms with E-state index in [4.69, 9.17) is 42.8 Å². The number of nitrogens with one attached hydrogen (secondary N) is 1. The molecule has 0 aliphatic carbocycles. The van der Waals surface area contributed by atoms with E-state index in [1.165, 1.54) is 12.1 Å². The number of hydrogen-bond acceptors (Lipinski definition) is 5. The third-order valence-electron chi connectivity index (χ3n) is 7.40. The van der Waals surface area contributed by atoms with Gasteiger partial charge in [0.15, 0.2) is 11.6 Å². The van der Waals surface area contributed by atoms with Gasteiger partial charge in [-0.1, -0.05) is 75.5 Å². The zero-order valence-corrected chi connectivity index (χ0v) is 27.3. The summed E-state index contributed by atoms with van der Waals surface area (Å²) in [6, 6.07) is 23.9. The van der Waals surface area contributed by atoms with Gasteiger partial charge in [0.1, 0.15) is 5.75 Å². The van der Waals surface area contributed by atoms with E-state index in [1.807, 2.05) is 24.3 Å². The fourth-order valence-electron chi connectivity index (χ4n) is 5.10. The van der Waals surface area contributed by atoms with Gasteiger partial charge in [-0.2, -0.15) is 13.2 Å². The van der Waals surface area contributed by atoms with Gasteiger partial charge in [-0.3, -0.25) is 4.79 Å². The first-order chi connectivity index (χ1) is 22.0. The summed E-state index contributed by atoms with van der Waals surface area (Å²) in [7, 11) is 0. The first kappa shape index (κ1) is 33.8. The second kappa shape index (κ2) is 14.5. The molecule has 0 aromatic heterocycles. The van der Waals surface area contributed by atoms with Crippen molar-refractivity contribution in [2.75, 3.05) is 13.2 Å². The average molecular weight is 736 g/mol. The van der Waals surface area contributed by atoms with Crippen LogP contribution in [-0.4, -0.2) is 35.7 Å². The Kier molecular flexibility index (Phi) is 10.6. The van der Waals surface area contributed by atoms with Crippen molar-refractivity contribution in [1.82, 2.24) is 5.32 Å². The lowest BCUT2D eigenvalue weighted by Gasteiger charge is -2.31. The number of nitrogens with zero attached hydrogens (tertiary/aromatic N) is 1. The zero-order valence-electron chi connectivity index (χ0n) is 24.2. The minimum absolute atomic E-state index is 0.00676. The van der Waals surface area contributed by atoms with Crippen molar-refractivity contribution in [2.24, 2.45) is 4.99 Å². The Morgan fingerprint density at radius 2 is 1.78 bits per heavy atom. The molecule has 1 amide bonds. The third-order valence-corrected chi connectivity index (χ3v) is 8.74. The standard InChI is InChI=1S/C34H28BrCl2F3N2O4/c35-28-8-2-1-6-23(28)19-33(32(44)41-20-21-5-3-7-24(17-21)34(38,39)40)30(27-14-11-25(36)18-29(27)37)46-31(42-33)22-9-12-26(13-10-22)45-16-4-15-43/h1-3,5-14,17-18,30,43H,4,15-16,19-20H2,(H,41,44)/t30-,33-/m1/s1. The largest absolute Gasteiger partial charge is 0.494 e. The molecule has 240 valence electrons. The second-order valence-corrected chi connectivity index (χ2v) is 12.3. The number of aliphatic hydroxyl groups is 1. The van der Waals surface area contributed by atoms with Gasteiger partial charge in [0, 0.05) is 51.6 Å². The molecular formula is C34H28BrCl2F3N2O4. The second-order valence-electron chi connectivity index (χ2n) is 10.6. The van der Waals surface area contributed by atoms with Gasteiger partial charge in [0.25, 0.3) is 5.91 Å². The lowest BCUT2D eigenvalue weighted by atomic mass is 9.82. The van der Waals surface area contributed by atoms with E-state index in [1.54, 1.807) is 42.5 Å². The number of rotatable bonds is 11.